The maximum Gasteiger partial charge on any atom is 0.0694 e. The lowest BCUT2D eigenvalue weighted by Crippen LogP contribution is -2.53. The summed E-state index contributed by atoms with van der Waals surface area (Å²) in [5, 5.41) is 3.36. The van der Waals surface area contributed by atoms with Gasteiger partial charge in [-0.25, -0.2) is 0 Å². The summed E-state index contributed by atoms with van der Waals surface area (Å²) < 4.78 is 6.75. The summed E-state index contributed by atoms with van der Waals surface area (Å²) in [4.78, 5) is 2.43. The molecule has 0 aliphatic carbocycles. The summed E-state index contributed by atoms with van der Waals surface area (Å²) in [5.74, 6) is 0. The molecule has 0 atom stereocenters. The Morgan fingerprint density at radius 2 is 2.21 bits per heavy atom. The lowest BCUT2D eigenvalue weighted by Gasteiger charge is -2.44. The molecule has 1 aliphatic rings. The lowest BCUT2D eigenvalue weighted by molar-refractivity contribution is 0.0644. The summed E-state index contributed by atoms with van der Waals surface area (Å²) in [6.07, 6.45) is 0. The smallest absolute Gasteiger partial charge is 0.0694 e. The highest BCUT2D eigenvalue weighted by molar-refractivity contribution is 9.10. The zero-order valence-electron chi connectivity index (χ0n) is 12.0. The largest absolute Gasteiger partial charge is 0.377 e. The maximum atomic E-state index is 5.58. The molecule has 0 aromatic heterocycles. The predicted molar refractivity (Wildman–Crippen MR) is 83.8 cm³/mol. The second-order valence-electron chi connectivity index (χ2n) is 5.57. The van der Waals surface area contributed by atoms with Gasteiger partial charge < -0.3 is 15.0 Å². The van der Waals surface area contributed by atoms with Crippen LogP contribution in [0.2, 0.25) is 0 Å². The number of benzene rings is 1. The van der Waals surface area contributed by atoms with Crippen LogP contribution in [0.1, 0.15) is 26.3 Å². The van der Waals surface area contributed by atoms with Gasteiger partial charge in [0.1, 0.15) is 0 Å². The standard InChI is InChI=1S/C15H23BrN2O/c1-4-17-10-12-5-6-13(9-14(12)16)18-7-8-19-11-15(18,2)3/h5-6,9,17H,4,7-8,10-11H2,1-3H3. The van der Waals surface area contributed by atoms with Crippen LogP contribution in [-0.2, 0) is 11.3 Å². The van der Waals surface area contributed by atoms with E-state index in [-0.39, 0.29) is 5.54 Å². The van der Waals surface area contributed by atoms with Gasteiger partial charge in [-0.3, -0.25) is 0 Å². The highest BCUT2D eigenvalue weighted by Gasteiger charge is 2.30. The predicted octanol–water partition coefficient (Wildman–Crippen LogP) is 3.17. The van der Waals surface area contributed by atoms with E-state index in [2.05, 4.69) is 65.1 Å². The molecular weight excluding hydrogens is 304 g/mol. The van der Waals surface area contributed by atoms with E-state index in [1.165, 1.54) is 15.7 Å². The van der Waals surface area contributed by atoms with Crippen LogP contribution in [-0.4, -0.2) is 31.8 Å². The average molecular weight is 327 g/mol. The zero-order valence-corrected chi connectivity index (χ0v) is 13.6. The van der Waals surface area contributed by atoms with Crippen LogP contribution < -0.4 is 10.2 Å². The number of ether oxygens (including phenoxy) is 1. The number of hydrogen-bond donors (Lipinski definition) is 1. The van der Waals surface area contributed by atoms with Crippen molar-refractivity contribution >= 4 is 21.6 Å². The van der Waals surface area contributed by atoms with Crippen LogP contribution in [0.15, 0.2) is 22.7 Å². The Labute approximate surface area is 124 Å². The number of hydrogen-bond acceptors (Lipinski definition) is 3. The van der Waals surface area contributed by atoms with E-state index >= 15 is 0 Å². The molecule has 106 valence electrons. The molecule has 1 fully saturated rings. The molecule has 1 N–H and O–H groups in total. The zero-order chi connectivity index (χ0) is 13.9. The molecule has 4 heteroatoms. The van der Waals surface area contributed by atoms with E-state index in [0.717, 1.165) is 32.8 Å². The number of nitrogens with zero attached hydrogens (tertiary/aromatic N) is 1. The van der Waals surface area contributed by atoms with Crippen molar-refractivity contribution in [2.24, 2.45) is 0 Å². The van der Waals surface area contributed by atoms with Crippen LogP contribution in [0.25, 0.3) is 0 Å². The molecule has 0 bridgehead atoms. The molecular formula is C15H23BrN2O. The summed E-state index contributed by atoms with van der Waals surface area (Å²) in [6, 6.07) is 6.64. The van der Waals surface area contributed by atoms with E-state index in [1.807, 2.05) is 0 Å². The first-order valence-electron chi connectivity index (χ1n) is 6.89. The molecule has 1 aromatic carbocycles. The normalized spacial score (nSPS) is 18.6. The molecule has 1 aliphatic heterocycles. The first-order chi connectivity index (χ1) is 9.04. The number of halogens is 1. The number of anilines is 1. The summed E-state index contributed by atoms with van der Waals surface area (Å²) >= 11 is 3.68. The van der Waals surface area contributed by atoms with Crippen molar-refractivity contribution < 1.29 is 4.74 Å². The van der Waals surface area contributed by atoms with Gasteiger partial charge in [0.25, 0.3) is 0 Å². The Balaban J connectivity index is 2.19. The summed E-state index contributed by atoms with van der Waals surface area (Å²) in [5.41, 5.74) is 2.62. The molecule has 0 radical (unpaired) electrons. The van der Waals surface area contributed by atoms with Gasteiger partial charge in [-0.2, -0.15) is 0 Å². The van der Waals surface area contributed by atoms with Gasteiger partial charge >= 0.3 is 0 Å². The van der Waals surface area contributed by atoms with Gasteiger partial charge in [-0.05, 0) is 38.1 Å². The van der Waals surface area contributed by atoms with Gasteiger partial charge in [-0.15, -0.1) is 0 Å². The Hall–Kier alpha value is -0.580. The second kappa shape index (κ2) is 6.25. The van der Waals surface area contributed by atoms with Gasteiger partial charge in [0, 0.05) is 23.2 Å². The van der Waals surface area contributed by atoms with Gasteiger partial charge in [-0.1, -0.05) is 28.9 Å². The van der Waals surface area contributed by atoms with Gasteiger partial charge in [0.05, 0.1) is 18.8 Å². The highest BCUT2D eigenvalue weighted by atomic mass is 79.9. The van der Waals surface area contributed by atoms with Crippen molar-refractivity contribution in [2.45, 2.75) is 32.9 Å². The fourth-order valence-electron chi connectivity index (χ4n) is 2.44. The third kappa shape index (κ3) is 3.50. The minimum atomic E-state index is 0.0564. The minimum Gasteiger partial charge on any atom is -0.377 e. The second-order valence-corrected chi connectivity index (χ2v) is 6.43. The lowest BCUT2D eigenvalue weighted by atomic mass is 10.0. The quantitative estimate of drug-likeness (QED) is 0.919. The topological polar surface area (TPSA) is 24.5 Å². The van der Waals surface area contributed by atoms with Crippen molar-refractivity contribution in [3.63, 3.8) is 0 Å². The van der Waals surface area contributed by atoms with E-state index < -0.39 is 0 Å². The fraction of sp³-hybridized carbons (Fsp3) is 0.600. The molecule has 0 unspecified atom stereocenters. The SMILES string of the molecule is CCNCc1ccc(N2CCOCC2(C)C)cc1Br. The highest BCUT2D eigenvalue weighted by Crippen LogP contribution is 2.30. The van der Waals surface area contributed by atoms with Crippen LogP contribution >= 0.6 is 15.9 Å². The minimum absolute atomic E-state index is 0.0564. The third-order valence-corrected chi connectivity index (χ3v) is 4.30. The number of nitrogens with one attached hydrogen (secondary N) is 1. The maximum absolute atomic E-state index is 5.58. The molecule has 1 saturated heterocycles. The van der Waals surface area contributed by atoms with E-state index in [1.54, 1.807) is 0 Å². The Kier molecular flexibility index (Phi) is 4.87. The molecule has 1 heterocycles. The van der Waals surface area contributed by atoms with Crippen molar-refractivity contribution in [3.05, 3.63) is 28.2 Å². The van der Waals surface area contributed by atoms with Crippen LogP contribution in [0.3, 0.4) is 0 Å². The molecule has 0 amide bonds. The molecule has 19 heavy (non-hydrogen) atoms. The Bertz CT molecular complexity index is 434. The van der Waals surface area contributed by atoms with Crippen molar-refractivity contribution in [2.75, 3.05) is 31.2 Å². The summed E-state index contributed by atoms with van der Waals surface area (Å²) in [6.45, 7) is 11.0. The number of rotatable bonds is 4. The van der Waals surface area contributed by atoms with Crippen LogP contribution in [0.4, 0.5) is 5.69 Å². The van der Waals surface area contributed by atoms with Crippen LogP contribution in [0, 0.1) is 0 Å². The van der Waals surface area contributed by atoms with Crippen molar-refractivity contribution in [1.29, 1.82) is 0 Å². The Morgan fingerprint density at radius 3 is 2.84 bits per heavy atom. The van der Waals surface area contributed by atoms with Gasteiger partial charge in [0.2, 0.25) is 0 Å². The fourth-order valence-corrected chi connectivity index (χ4v) is 2.95. The molecule has 3 nitrogen and oxygen atoms in total. The van der Waals surface area contributed by atoms with E-state index in [0.29, 0.717) is 0 Å². The van der Waals surface area contributed by atoms with E-state index in [4.69, 9.17) is 4.74 Å². The Morgan fingerprint density at radius 1 is 1.42 bits per heavy atom. The molecule has 0 saturated carbocycles. The third-order valence-electron chi connectivity index (χ3n) is 3.56. The summed E-state index contributed by atoms with van der Waals surface area (Å²) in [7, 11) is 0. The molecule has 0 spiro atoms. The molecule has 1 aromatic rings. The van der Waals surface area contributed by atoms with Crippen LogP contribution in [0.5, 0.6) is 0 Å². The molecule has 2 rings (SSSR count). The van der Waals surface area contributed by atoms with Crippen molar-refractivity contribution in [3.8, 4) is 0 Å². The van der Waals surface area contributed by atoms with E-state index in [9.17, 15) is 0 Å². The first kappa shape index (κ1) is 14.8. The average Bonchev–Trinajstić information content (AvgIpc) is 2.37. The monoisotopic (exact) mass is 326 g/mol. The first-order valence-corrected chi connectivity index (χ1v) is 7.68. The van der Waals surface area contributed by atoms with Gasteiger partial charge in [0.15, 0.2) is 0 Å². The number of morpholine rings is 1. The van der Waals surface area contributed by atoms with Crippen molar-refractivity contribution in [1.82, 2.24) is 5.32 Å².